The molecule has 0 unspecified atom stereocenters. The first kappa shape index (κ1) is 22.4. The van der Waals surface area contributed by atoms with E-state index in [2.05, 4.69) is 0 Å². The van der Waals surface area contributed by atoms with Crippen molar-refractivity contribution in [1.29, 1.82) is 0 Å². The van der Waals surface area contributed by atoms with E-state index < -0.39 is 23.4 Å². The van der Waals surface area contributed by atoms with Crippen LogP contribution in [0, 0.1) is 25.5 Å². The Hall–Kier alpha value is -3.80. The van der Waals surface area contributed by atoms with Gasteiger partial charge >= 0.3 is 0 Å². The topological polar surface area (TPSA) is 40.6 Å². The van der Waals surface area contributed by atoms with Gasteiger partial charge in [-0.2, -0.15) is 0 Å². The van der Waals surface area contributed by atoms with Crippen LogP contribution in [0.15, 0.2) is 72.4 Å². The molecule has 1 aliphatic heterocycles. The summed E-state index contributed by atoms with van der Waals surface area (Å²) in [4.78, 5) is 29.9. The highest BCUT2D eigenvalue weighted by Gasteiger charge is 2.43. The highest BCUT2D eigenvalue weighted by molar-refractivity contribution is 6.45. The van der Waals surface area contributed by atoms with Crippen LogP contribution in [0.25, 0.3) is 5.57 Å². The number of hydrogen-bond donors (Lipinski definition) is 0. The minimum absolute atomic E-state index is 0.210. The van der Waals surface area contributed by atoms with Crippen molar-refractivity contribution in [3.05, 3.63) is 106 Å². The summed E-state index contributed by atoms with van der Waals surface area (Å²) in [6.45, 7) is 6.58. The number of rotatable bonds is 6. The first-order valence-corrected chi connectivity index (χ1v) is 10.8. The molecule has 4 rings (SSSR count). The normalized spacial score (nSPS) is 13.8. The van der Waals surface area contributed by atoms with Crippen LogP contribution >= 0.6 is 0 Å². The van der Waals surface area contributed by atoms with E-state index in [0.717, 1.165) is 33.7 Å². The molecule has 1 heterocycles. The number of nitrogens with zero attached hydrogens (tertiary/aromatic N) is 2. The van der Waals surface area contributed by atoms with Crippen LogP contribution in [-0.4, -0.2) is 23.3 Å². The number of aryl methyl sites for hydroxylation is 2. The van der Waals surface area contributed by atoms with E-state index in [1.807, 2.05) is 74.2 Å². The second-order valence-corrected chi connectivity index (χ2v) is 8.08. The maximum absolute atomic E-state index is 14.6. The Morgan fingerprint density at radius 3 is 2.24 bits per heavy atom. The van der Waals surface area contributed by atoms with E-state index in [1.54, 1.807) is 0 Å². The number of carbonyl (C=O) groups excluding carboxylic acids is 2. The SMILES string of the molecule is CCN(Cc1ccccc1)C1=C(c2ccc(C)cc2C)C(=O)N(c2ccc(F)cc2F)C1=O. The maximum atomic E-state index is 14.6. The summed E-state index contributed by atoms with van der Waals surface area (Å²) in [5, 5.41) is 0. The van der Waals surface area contributed by atoms with Crippen molar-refractivity contribution < 1.29 is 18.4 Å². The van der Waals surface area contributed by atoms with Gasteiger partial charge in [0, 0.05) is 19.2 Å². The second-order valence-electron chi connectivity index (χ2n) is 8.08. The largest absolute Gasteiger partial charge is 0.362 e. The molecular formula is C27H24F2N2O2. The molecule has 0 fully saturated rings. The first-order chi connectivity index (χ1) is 15.8. The molecule has 2 amide bonds. The van der Waals surface area contributed by atoms with Crippen LogP contribution in [0.2, 0.25) is 0 Å². The van der Waals surface area contributed by atoms with Crippen LogP contribution < -0.4 is 4.90 Å². The standard InChI is InChI=1S/C27H24F2N2O2/c1-4-30(16-19-8-6-5-7-9-19)25-24(21-12-10-17(2)14-18(21)3)26(32)31(27(25)33)23-13-11-20(28)15-22(23)29/h5-15H,4,16H2,1-3H3. The van der Waals surface area contributed by atoms with Gasteiger partial charge in [-0.1, -0.05) is 54.1 Å². The second kappa shape index (κ2) is 8.98. The Kier molecular flexibility index (Phi) is 6.09. The third-order valence-corrected chi connectivity index (χ3v) is 5.78. The zero-order chi connectivity index (χ0) is 23.7. The van der Waals surface area contributed by atoms with Crippen LogP contribution in [0.4, 0.5) is 14.5 Å². The Balaban J connectivity index is 1.89. The van der Waals surface area contributed by atoms with Gasteiger partial charge in [-0.3, -0.25) is 9.59 Å². The number of imide groups is 1. The summed E-state index contributed by atoms with van der Waals surface area (Å²) >= 11 is 0. The summed E-state index contributed by atoms with van der Waals surface area (Å²) < 4.78 is 28.2. The minimum atomic E-state index is -0.968. The lowest BCUT2D eigenvalue weighted by Crippen LogP contribution is -2.35. The predicted octanol–water partition coefficient (Wildman–Crippen LogP) is 5.39. The monoisotopic (exact) mass is 446 g/mol. The third-order valence-electron chi connectivity index (χ3n) is 5.78. The van der Waals surface area contributed by atoms with Gasteiger partial charge in [0.25, 0.3) is 11.8 Å². The van der Waals surface area contributed by atoms with Gasteiger partial charge in [-0.05, 0) is 49.6 Å². The minimum Gasteiger partial charge on any atom is -0.362 e. The summed E-state index contributed by atoms with van der Waals surface area (Å²) in [6.07, 6.45) is 0. The molecule has 6 heteroatoms. The summed E-state index contributed by atoms with van der Waals surface area (Å²) in [5.74, 6) is -3.00. The predicted molar refractivity (Wildman–Crippen MR) is 124 cm³/mol. The van der Waals surface area contributed by atoms with Crippen molar-refractivity contribution in [2.24, 2.45) is 0 Å². The van der Waals surface area contributed by atoms with Gasteiger partial charge in [0.15, 0.2) is 0 Å². The van der Waals surface area contributed by atoms with E-state index in [1.165, 1.54) is 0 Å². The molecule has 168 valence electrons. The van der Waals surface area contributed by atoms with Crippen LogP contribution in [-0.2, 0) is 16.1 Å². The zero-order valence-corrected chi connectivity index (χ0v) is 18.7. The van der Waals surface area contributed by atoms with Gasteiger partial charge in [0.1, 0.15) is 17.3 Å². The molecule has 3 aromatic rings. The Morgan fingerprint density at radius 1 is 0.879 bits per heavy atom. The van der Waals surface area contributed by atoms with Crippen molar-refractivity contribution in [3.63, 3.8) is 0 Å². The van der Waals surface area contributed by atoms with E-state index in [-0.39, 0.29) is 17.0 Å². The number of carbonyl (C=O) groups is 2. The lowest BCUT2D eigenvalue weighted by Gasteiger charge is -2.25. The molecule has 3 aromatic carbocycles. The molecule has 0 radical (unpaired) electrons. The highest BCUT2D eigenvalue weighted by atomic mass is 19.1. The molecule has 0 saturated heterocycles. The van der Waals surface area contributed by atoms with Crippen molar-refractivity contribution >= 4 is 23.1 Å². The molecule has 0 aromatic heterocycles. The third kappa shape index (κ3) is 4.16. The fraction of sp³-hybridized carbons (Fsp3) is 0.185. The molecule has 0 N–H and O–H groups in total. The van der Waals surface area contributed by atoms with Gasteiger partial charge in [0.05, 0.1) is 11.3 Å². The van der Waals surface area contributed by atoms with Crippen LogP contribution in [0.1, 0.15) is 29.2 Å². The Bertz CT molecular complexity index is 1270. The molecule has 0 bridgehead atoms. The number of benzene rings is 3. The molecule has 33 heavy (non-hydrogen) atoms. The number of amides is 2. The molecule has 1 aliphatic rings. The van der Waals surface area contributed by atoms with E-state index >= 15 is 0 Å². The molecule has 0 atom stereocenters. The lowest BCUT2D eigenvalue weighted by molar-refractivity contribution is -0.120. The van der Waals surface area contributed by atoms with E-state index in [9.17, 15) is 18.4 Å². The Labute approximate surface area is 191 Å². The maximum Gasteiger partial charge on any atom is 0.282 e. The fourth-order valence-corrected chi connectivity index (χ4v) is 4.18. The first-order valence-electron chi connectivity index (χ1n) is 10.8. The van der Waals surface area contributed by atoms with Crippen molar-refractivity contribution in [1.82, 2.24) is 4.90 Å². The van der Waals surface area contributed by atoms with E-state index in [0.29, 0.717) is 24.7 Å². The average molecular weight is 446 g/mol. The molecule has 4 nitrogen and oxygen atoms in total. The van der Waals surface area contributed by atoms with E-state index in [4.69, 9.17) is 0 Å². The molecule has 0 saturated carbocycles. The highest BCUT2D eigenvalue weighted by Crippen LogP contribution is 2.37. The number of anilines is 1. The van der Waals surface area contributed by atoms with Crippen LogP contribution in [0.3, 0.4) is 0 Å². The summed E-state index contributed by atoms with van der Waals surface area (Å²) in [5.41, 5.74) is 3.61. The number of halogens is 2. The zero-order valence-electron chi connectivity index (χ0n) is 18.7. The average Bonchev–Trinajstić information content (AvgIpc) is 3.03. The molecule has 0 spiro atoms. The lowest BCUT2D eigenvalue weighted by atomic mass is 9.97. The fourth-order valence-electron chi connectivity index (χ4n) is 4.18. The van der Waals surface area contributed by atoms with Crippen molar-refractivity contribution in [3.8, 4) is 0 Å². The van der Waals surface area contributed by atoms with Gasteiger partial charge in [0.2, 0.25) is 0 Å². The van der Waals surface area contributed by atoms with Crippen molar-refractivity contribution in [2.45, 2.75) is 27.3 Å². The number of likely N-dealkylation sites (N-methyl/N-ethyl adjacent to an activating group) is 1. The van der Waals surface area contributed by atoms with Gasteiger partial charge < -0.3 is 4.90 Å². The van der Waals surface area contributed by atoms with Gasteiger partial charge in [-0.25, -0.2) is 13.7 Å². The smallest absolute Gasteiger partial charge is 0.282 e. The molecule has 0 aliphatic carbocycles. The molecular weight excluding hydrogens is 422 g/mol. The van der Waals surface area contributed by atoms with Crippen LogP contribution in [0.5, 0.6) is 0 Å². The quantitative estimate of drug-likeness (QED) is 0.477. The Morgan fingerprint density at radius 2 is 1.61 bits per heavy atom. The summed E-state index contributed by atoms with van der Waals surface area (Å²) in [6, 6.07) is 18.1. The number of hydrogen-bond acceptors (Lipinski definition) is 3. The van der Waals surface area contributed by atoms with Gasteiger partial charge in [-0.15, -0.1) is 0 Å². The summed E-state index contributed by atoms with van der Waals surface area (Å²) in [7, 11) is 0. The van der Waals surface area contributed by atoms with Crippen molar-refractivity contribution in [2.75, 3.05) is 11.4 Å².